The average molecular weight is 464 g/mol. The fourth-order valence-corrected chi connectivity index (χ4v) is 2.37. The number of guanidine groups is 1. The van der Waals surface area contributed by atoms with Gasteiger partial charge in [0.05, 0.1) is 13.2 Å². The molecule has 0 aliphatic rings. The second kappa shape index (κ2) is 15.4. The van der Waals surface area contributed by atoms with Crippen LogP contribution in [-0.4, -0.2) is 76.6 Å². The SMILES string of the molecule is CN=C(NCCCN(C)CCOC)NCC(CO)c1ccccc1.I. The molecule has 0 aliphatic heterocycles. The number of hydrogen-bond acceptors (Lipinski definition) is 4. The Labute approximate surface area is 169 Å². The van der Waals surface area contributed by atoms with Crippen LogP contribution in [0.3, 0.4) is 0 Å². The highest BCUT2D eigenvalue weighted by atomic mass is 127. The summed E-state index contributed by atoms with van der Waals surface area (Å²) in [5.41, 5.74) is 1.13. The molecule has 1 atom stereocenters. The second-order valence-corrected chi connectivity index (χ2v) is 5.82. The Morgan fingerprint density at radius 1 is 1.24 bits per heavy atom. The first-order chi connectivity index (χ1) is 11.7. The molecular formula is C18H33IN4O2. The number of benzene rings is 1. The predicted octanol–water partition coefficient (Wildman–Crippen LogP) is 1.51. The summed E-state index contributed by atoms with van der Waals surface area (Å²) < 4.78 is 5.07. The number of aliphatic hydroxyl groups excluding tert-OH is 1. The van der Waals surface area contributed by atoms with Gasteiger partial charge in [-0.15, -0.1) is 24.0 Å². The van der Waals surface area contributed by atoms with E-state index < -0.39 is 0 Å². The number of nitrogens with one attached hydrogen (secondary N) is 2. The van der Waals surface area contributed by atoms with Gasteiger partial charge in [-0.3, -0.25) is 4.99 Å². The van der Waals surface area contributed by atoms with Gasteiger partial charge in [-0.2, -0.15) is 0 Å². The summed E-state index contributed by atoms with van der Waals surface area (Å²) in [5.74, 6) is 0.828. The molecule has 7 heteroatoms. The quantitative estimate of drug-likeness (QED) is 0.201. The van der Waals surface area contributed by atoms with Gasteiger partial charge in [-0.25, -0.2) is 0 Å². The van der Waals surface area contributed by atoms with Crippen LogP contribution >= 0.6 is 24.0 Å². The Balaban J connectivity index is 0.00000576. The number of ether oxygens (including phenoxy) is 1. The molecule has 0 fully saturated rings. The lowest BCUT2D eigenvalue weighted by molar-refractivity contribution is 0.161. The van der Waals surface area contributed by atoms with E-state index in [-0.39, 0.29) is 36.5 Å². The van der Waals surface area contributed by atoms with Gasteiger partial charge in [0.2, 0.25) is 0 Å². The summed E-state index contributed by atoms with van der Waals surface area (Å²) in [7, 11) is 5.58. The predicted molar refractivity (Wildman–Crippen MR) is 115 cm³/mol. The highest BCUT2D eigenvalue weighted by molar-refractivity contribution is 14.0. The van der Waals surface area contributed by atoms with E-state index in [1.165, 1.54) is 0 Å². The summed E-state index contributed by atoms with van der Waals surface area (Å²) in [6.45, 7) is 4.32. The molecule has 1 rings (SSSR count). The minimum atomic E-state index is 0. The van der Waals surface area contributed by atoms with E-state index in [0.717, 1.165) is 44.2 Å². The number of likely N-dealkylation sites (N-methyl/N-ethyl adjacent to an activating group) is 1. The zero-order chi connectivity index (χ0) is 17.6. The monoisotopic (exact) mass is 464 g/mol. The molecule has 0 heterocycles. The molecule has 25 heavy (non-hydrogen) atoms. The Morgan fingerprint density at radius 3 is 2.56 bits per heavy atom. The van der Waals surface area contributed by atoms with Crippen LogP contribution in [-0.2, 0) is 4.74 Å². The van der Waals surface area contributed by atoms with E-state index in [1.807, 2.05) is 30.3 Å². The van der Waals surface area contributed by atoms with Crippen molar-refractivity contribution in [2.75, 3.05) is 60.6 Å². The summed E-state index contributed by atoms with van der Waals surface area (Å²) in [6, 6.07) is 10.0. The molecule has 0 aliphatic carbocycles. The van der Waals surface area contributed by atoms with Crippen LogP contribution in [0, 0.1) is 0 Å². The van der Waals surface area contributed by atoms with Gasteiger partial charge >= 0.3 is 0 Å². The van der Waals surface area contributed by atoms with E-state index in [0.29, 0.717) is 6.54 Å². The third-order valence-electron chi connectivity index (χ3n) is 3.92. The van der Waals surface area contributed by atoms with Crippen molar-refractivity contribution in [1.82, 2.24) is 15.5 Å². The normalized spacial score (nSPS) is 12.6. The molecule has 0 saturated carbocycles. The summed E-state index contributed by atoms with van der Waals surface area (Å²) in [6.07, 6.45) is 1.03. The highest BCUT2D eigenvalue weighted by Gasteiger charge is 2.10. The fourth-order valence-electron chi connectivity index (χ4n) is 2.37. The molecule has 0 aromatic heterocycles. The minimum absolute atomic E-state index is 0. The molecule has 1 aromatic carbocycles. The molecule has 0 radical (unpaired) electrons. The van der Waals surface area contributed by atoms with Crippen molar-refractivity contribution in [3.63, 3.8) is 0 Å². The number of methoxy groups -OCH3 is 1. The number of hydrogen-bond donors (Lipinski definition) is 3. The number of halogens is 1. The van der Waals surface area contributed by atoms with Crippen molar-refractivity contribution in [3.05, 3.63) is 35.9 Å². The van der Waals surface area contributed by atoms with Crippen LogP contribution in [0.4, 0.5) is 0 Å². The van der Waals surface area contributed by atoms with Crippen molar-refractivity contribution >= 4 is 29.9 Å². The molecule has 3 N–H and O–H groups in total. The largest absolute Gasteiger partial charge is 0.396 e. The first-order valence-electron chi connectivity index (χ1n) is 8.49. The van der Waals surface area contributed by atoms with Crippen molar-refractivity contribution in [1.29, 1.82) is 0 Å². The van der Waals surface area contributed by atoms with E-state index in [4.69, 9.17) is 4.74 Å². The molecule has 144 valence electrons. The minimum Gasteiger partial charge on any atom is -0.396 e. The molecule has 6 nitrogen and oxygen atoms in total. The highest BCUT2D eigenvalue weighted by Crippen LogP contribution is 2.13. The van der Waals surface area contributed by atoms with Gasteiger partial charge in [-0.1, -0.05) is 30.3 Å². The number of nitrogens with zero attached hydrogens (tertiary/aromatic N) is 2. The fraction of sp³-hybridized carbons (Fsp3) is 0.611. The van der Waals surface area contributed by atoms with E-state index in [2.05, 4.69) is 27.6 Å². The molecule has 1 aromatic rings. The van der Waals surface area contributed by atoms with Crippen LogP contribution < -0.4 is 10.6 Å². The Hall–Kier alpha value is -0.900. The first-order valence-corrected chi connectivity index (χ1v) is 8.49. The lowest BCUT2D eigenvalue weighted by atomic mass is 10.0. The molecule has 0 spiro atoms. The van der Waals surface area contributed by atoms with Gasteiger partial charge in [0.1, 0.15) is 0 Å². The number of rotatable bonds is 11. The maximum Gasteiger partial charge on any atom is 0.191 e. The lowest BCUT2D eigenvalue weighted by Crippen LogP contribution is -2.41. The van der Waals surface area contributed by atoms with Gasteiger partial charge < -0.3 is 25.4 Å². The zero-order valence-corrected chi connectivity index (χ0v) is 17.9. The molecule has 0 saturated heterocycles. The maximum absolute atomic E-state index is 9.60. The molecule has 0 amide bonds. The van der Waals surface area contributed by atoms with Crippen LogP contribution in [0.15, 0.2) is 35.3 Å². The van der Waals surface area contributed by atoms with Crippen molar-refractivity contribution in [2.24, 2.45) is 4.99 Å². The summed E-state index contributed by atoms with van der Waals surface area (Å²) >= 11 is 0. The molecular weight excluding hydrogens is 431 g/mol. The maximum atomic E-state index is 9.60. The Kier molecular flexibility index (Phi) is 14.8. The van der Waals surface area contributed by atoms with E-state index in [1.54, 1.807) is 14.2 Å². The lowest BCUT2D eigenvalue weighted by Gasteiger charge is -2.19. The zero-order valence-electron chi connectivity index (χ0n) is 15.6. The average Bonchev–Trinajstić information content (AvgIpc) is 2.63. The van der Waals surface area contributed by atoms with Crippen LogP contribution in [0.1, 0.15) is 17.9 Å². The molecule has 1 unspecified atom stereocenters. The molecule has 0 bridgehead atoms. The third-order valence-corrected chi connectivity index (χ3v) is 3.92. The summed E-state index contributed by atoms with van der Waals surface area (Å²) in [4.78, 5) is 6.48. The number of aliphatic imine (C=N–C) groups is 1. The summed E-state index contributed by atoms with van der Waals surface area (Å²) in [5, 5.41) is 16.2. The smallest absolute Gasteiger partial charge is 0.191 e. The Morgan fingerprint density at radius 2 is 1.96 bits per heavy atom. The second-order valence-electron chi connectivity index (χ2n) is 5.82. The van der Waals surface area contributed by atoms with Gasteiger partial charge in [0, 0.05) is 39.7 Å². The van der Waals surface area contributed by atoms with Gasteiger partial charge in [-0.05, 0) is 25.6 Å². The standard InChI is InChI=1S/C18H32N4O2.HI/c1-19-18(20-10-7-11-22(2)12-13-24-3)21-14-17(15-23)16-8-5-4-6-9-16;/h4-6,8-9,17,23H,7,10-15H2,1-3H3,(H2,19,20,21);1H. The van der Waals surface area contributed by atoms with E-state index in [9.17, 15) is 5.11 Å². The van der Waals surface area contributed by atoms with E-state index >= 15 is 0 Å². The van der Waals surface area contributed by atoms with Crippen molar-refractivity contribution < 1.29 is 9.84 Å². The van der Waals surface area contributed by atoms with Gasteiger partial charge in [0.15, 0.2) is 5.96 Å². The van der Waals surface area contributed by atoms with Gasteiger partial charge in [0.25, 0.3) is 0 Å². The third kappa shape index (κ3) is 10.6. The van der Waals surface area contributed by atoms with Crippen LogP contribution in [0.5, 0.6) is 0 Å². The van der Waals surface area contributed by atoms with Crippen LogP contribution in [0.2, 0.25) is 0 Å². The Bertz CT molecular complexity index is 460. The number of aliphatic hydroxyl groups is 1. The van der Waals surface area contributed by atoms with Crippen LogP contribution in [0.25, 0.3) is 0 Å². The van der Waals surface area contributed by atoms with Crippen molar-refractivity contribution in [3.8, 4) is 0 Å². The topological polar surface area (TPSA) is 69.1 Å². The van der Waals surface area contributed by atoms with Crippen molar-refractivity contribution in [2.45, 2.75) is 12.3 Å². The first kappa shape index (κ1) is 24.1.